The van der Waals surface area contributed by atoms with Crippen molar-refractivity contribution in [3.05, 3.63) is 62.9 Å². The van der Waals surface area contributed by atoms with Crippen LogP contribution in [0.4, 0.5) is 11.4 Å². The second-order valence-electron chi connectivity index (χ2n) is 7.89. The number of thioether (sulfide) groups is 2. The highest BCUT2D eigenvalue weighted by molar-refractivity contribution is 9.10. The lowest BCUT2D eigenvalue weighted by molar-refractivity contribution is -0.124. The van der Waals surface area contributed by atoms with Gasteiger partial charge in [0.15, 0.2) is 5.17 Å². The Morgan fingerprint density at radius 1 is 1.06 bits per heavy atom. The molecule has 1 saturated carbocycles. The Morgan fingerprint density at radius 3 is 2.65 bits per heavy atom. The van der Waals surface area contributed by atoms with E-state index in [1.807, 2.05) is 29.2 Å². The zero-order valence-electron chi connectivity index (χ0n) is 17.4. The minimum Gasteiger partial charge on any atom is -0.334 e. The summed E-state index contributed by atoms with van der Waals surface area (Å²) in [4.78, 5) is 25.0. The number of rotatable bonds is 3. The predicted molar refractivity (Wildman–Crippen MR) is 135 cm³/mol. The normalized spacial score (nSPS) is 23.2. The number of amidine groups is 1. The number of hydrogen-bond acceptors (Lipinski definition) is 5. The van der Waals surface area contributed by atoms with Crippen molar-refractivity contribution >= 4 is 61.9 Å². The first-order chi connectivity index (χ1) is 15.2. The second-order valence-corrected chi connectivity index (χ2v) is 10.8. The Kier molecular flexibility index (Phi) is 6.17. The van der Waals surface area contributed by atoms with E-state index in [9.17, 15) is 4.79 Å². The van der Waals surface area contributed by atoms with Crippen LogP contribution in [0.5, 0.6) is 0 Å². The van der Waals surface area contributed by atoms with Crippen LogP contribution in [0.3, 0.4) is 0 Å². The molecule has 1 aliphatic carbocycles. The third-order valence-corrected chi connectivity index (χ3v) is 8.75. The third-order valence-electron chi connectivity index (χ3n) is 5.90. The highest BCUT2D eigenvalue weighted by Gasteiger charge is 2.42. The maximum absolute atomic E-state index is 13.8. The van der Waals surface area contributed by atoms with Gasteiger partial charge < -0.3 is 4.90 Å². The SMILES string of the molecule is CCN1C(=C2SC(=Nc3cccc(Br)c3)N(C3CCCCC3)C2=O)Sc2ccccc21. The molecule has 4 nitrogen and oxygen atoms in total. The smallest absolute Gasteiger partial charge is 0.269 e. The molecule has 0 atom stereocenters. The monoisotopic (exact) mass is 513 g/mol. The topological polar surface area (TPSA) is 35.9 Å². The van der Waals surface area contributed by atoms with Gasteiger partial charge in [-0.2, -0.15) is 0 Å². The molecule has 0 aromatic heterocycles. The molecule has 2 heterocycles. The molecule has 0 radical (unpaired) electrons. The molecule has 0 bridgehead atoms. The number of anilines is 1. The molecule has 31 heavy (non-hydrogen) atoms. The second kappa shape index (κ2) is 9.04. The van der Waals surface area contributed by atoms with Crippen molar-refractivity contribution in [3.8, 4) is 0 Å². The average molecular weight is 515 g/mol. The molecule has 2 aliphatic heterocycles. The summed E-state index contributed by atoms with van der Waals surface area (Å²) in [5.41, 5.74) is 2.05. The van der Waals surface area contributed by atoms with Crippen LogP contribution in [0.25, 0.3) is 0 Å². The average Bonchev–Trinajstić information content (AvgIpc) is 3.31. The van der Waals surface area contributed by atoms with Crippen molar-refractivity contribution in [3.63, 3.8) is 0 Å². The van der Waals surface area contributed by atoms with Crippen LogP contribution in [0, 0.1) is 0 Å². The van der Waals surface area contributed by atoms with E-state index >= 15 is 0 Å². The molecule has 0 spiro atoms. The lowest BCUT2D eigenvalue weighted by Gasteiger charge is -2.30. The summed E-state index contributed by atoms with van der Waals surface area (Å²) in [6.45, 7) is 2.97. The fourth-order valence-electron chi connectivity index (χ4n) is 4.43. The van der Waals surface area contributed by atoms with Crippen molar-refractivity contribution in [2.24, 2.45) is 4.99 Å². The fraction of sp³-hybridized carbons (Fsp3) is 0.333. The maximum Gasteiger partial charge on any atom is 0.269 e. The Hall–Kier alpha value is -1.70. The number of hydrogen-bond donors (Lipinski definition) is 0. The van der Waals surface area contributed by atoms with Gasteiger partial charge >= 0.3 is 0 Å². The minimum absolute atomic E-state index is 0.111. The number of benzene rings is 2. The Balaban J connectivity index is 1.57. The standard InChI is InChI=1S/C24H24BrN3OS2/c1-2-27-19-13-6-7-14-20(19)30-23(27)21-22(29)28(18-11-4-3-5-12-18)24(31-21)26-17-10-8-9-16(25)15-17/h6-10,13-15,18H,2-5,11-12H2,1H3. The van der Waals surface area contributed by atoms with Gasteiger partial charge in [-0.25, -0.2) is 4.99 Å². The Morgan fingerprint density at radius 2 is 1.87 bits per heavy atom. The van der Waals surface area contributed by atoms with E-state index in [0.29, 0.717) is 0 Å². The summed E-state index contributed by atoms with van der Waals surface area (Å²) in [6.07, 6.45) is 5.72. The van der Waals surface area contributed by atoms with Crippen LogP contribution in [-0.2, 0) is 4.79 Å². The summed E-state index contributed by atoms with van der Waals surface area (Å²) in [5, 5.41) is 1.85. The number of nitrogens with zero attached hydrogens (tertiary/aromatic N) is 3. The van der Waals surface area contributed by atoms with Crippen LogP contribution in [-0.4, -0.2) is 28.6 Å². The molecule has 160 valence electrons. The zero-order chi connectivity index (χ0) is 21.4. The highest BCUT2D eigenvalue weighted by Crippen LogP contribution is 2.51. The van der Waals surface area contributed by atoms with Gasteiger partial charge in [-0.3, -0.25) is 9.69 Å². The quantitative estimate of drug-likeness (QED) is 0.408. The Bertz CT molecular complexity index is 1080. The molecular weight excluding hydrogens is 490 g/mol. The van der Waals surface area contributed by atoms with Gasteiger partial charge in [-0.1, -0.05) is 65.2 Å². The minimum atomic E-state index is 0.111. The number of amides is 1. The molecule has 0 N–H and O–H groups in total. The van der Waals surface area contributed by atoms with Crippen molar-refractivity contribution < 1.29 is 4.79 Å². The summed E-state index contributed by atoms with van der Waals surface area (Å²) in [6, 6.07) is 16.6. The number of halogens is 1. The van der Waals surface area contributed by atoms with Gasteiger partial charge in [0.1, 0.15) is 9.93 Å². The Labute approximate surface area is 200 Å². The highest BCUT2D eigenvalue weighted by atomic mass is 79.9. The summed E-state index contributed by atoms with van der Waals surface area (Å²) in [7, 11) is 0. The largest absolute Gasteiger partial charge is 0.334 e. The van der Waals surface area contributed by atoms with Crippen LogP contribution in [0.1, 0.15) is 39.0 Å². The number of para-hydroxylation sites is 1. The molecular formula is C24H24BrN3OS2. The third kappa shape index (κ3) is 4.08. The molecule has 5 rings (SSSR count). The first-order valence-electron chi connectivity index (χ1n) is 10.8. The lowest BCUT2D eigenvalue weighted by Crippen LogP contribution is -2.40. The van der Waals surface area contributed by atoms with Crippen molar-refractivity contribution in [2.75, 3.05) is 11.4 Å². The van der Waals surface area contributed by atoms with E-state index in [-0.39, 0.29) is 11.9 Å². The molecule has 3 aliphatic rings. The van der Waals surface area contributed by atoms with Crippen LogP contribution >= 0.6 is 39.5 Å². The first kappa shape index (κ1) is 21.2. The number of carbonyl (C=O) groups is 1. The van der Waals surface area contributed by atoms with Gasteiger partial charge in [-0.15, -0.1) is 0 Å². The lowest BCUT2D eigenvalue weighted by atomic mass is 9.94. The molecule has 2 aromatic carbocycles. The van der Waals surface area contributed by atoms with Crippen molar-refractivity contribution in [1.29, 1.82) is 0 Å². The van der Waals surface area contributed by atoms with Gasteiger partial charge in [0.2, 0.25) is 0 Å². The predicted octanol–water partition coefficient (Wildman–Crippen LogP) is 7.15. The van der Waals surface area contributed by atoms with E-state index in [2.05, 4.69) is 52.0 Å². The number of carbonyl (C=O) groups excluding carboxylic acids is 1. The van der Waals surface area contributed by atoms with E-state index in [0.717, 1.165) is 44.6 Å². The van der Waals surface area contributed by atoms with E-state index < -0.39 is 0 Å². The van der Waals surface area contributed by atoms with Crippen molar-refractivity contribution in [2.45, 2.75) is 50.0 Å². The summed E-state index contributed by atoms with van der Waals surface area (Å²) >= 11 is 6.78. The van der Waals surface area contributed by atoms with Gasteiger partial charge in [0, 0.05) is 22.0 Å². The molecule has 7 heteroatoms. The van der Waals surface area contributed by atoms with Gasteiger partial charge in [0.25, 0.3) is 5.91 Å². The van der Waals surface area contributed by atoms with Crippen molar-refractivity contribution in [1.82, 2.24) is 4.90 Å². The zero-order valence-corrected chi connectivity index (χ0v) is 20.6. The van der Waals surface area contributed by atoms with Gasteiger partial charge in [-0.05, 0) is 61.9 Å². The van der Waals surface area contributed by atoms with E-state index in [1.165, 1.54) is 41.6 Å². The van der Waals surface area contributed by atoms with Crippen LogP contribution in [0.15, 0.2) is 72.8 Å². The maximum atomic E-state index is 13.8. The molecule has 1 saturated heterocycles. The fourth-order valence-corrected chi connectivity index (χ4v) is 7.27. The number of fused-ring (bicyclic) bond motifs is 1. The van der Waals surface area contributed by atoms with E-state index in [1.54, 1.807) is 11.8 Å². The first-order valence-corrected chi connectivity index (χ1v) is 13.2. The summed E-state index contributed by atoms with van der Waals surface area (Å²) in [5.74, 6) is 0.111. The molecule has 1 amide bonds. The van der Waals surface area contributed by atoms with E-state index in [4.69, 9.17) is 4.99 Å². The molecule has 2 aromatic rings. The summed E-state index contributed by atoms with van der Waals surface area (Å²) < 4.78 is 0.991. The van der Waals surface area contributed by atoms with Crippen LogP contribution in [0.2, 0.25) is 0 Å². The molecule has 0 unspecified atom stereocenters. The number of aliphatic imine (C=N–C) groups is 1. The van der Waals surface area contributed by atoms with Crippen LogP contribution < -0.4 is 4.90 Å². The molecule has 2 fully saturated rings. The van der Waals surface area contributed by atoms with Gasteiger partial charge in [0.05, 0.1) is 11.4 Å².